The summed E-state index contributed by atoms with van der Waals surface area (Å²) in [7, 11) is -14.5. The average molecular weight is 613 g/mol. The summed E-state index contributed by atoms with van der Waals surface area (Å²) in [5, 5.41) is 15.0. The zero-order valence-electron chi connectivity index (χ0n) is 20.9. The Morgan fingerprint density at radius 1 is 0.575 bits per heavy atom. The van der Waals surface area contributed by atoms with Crippen LogP contribution in [0.25, 0.3) is 0 Å². The van der Waals surface area contributed by atoms with Crippen molar-refractivity contribution in [3.05, 3.63) is 53.6 Å². The maximum absolute atomic E-state index is 12.0. The minimum absolute atomic E-state index is 0.318. The summed E-state index contributed by atoms with van der Waals surface area (Å²) < 4.78 is 100. The molecular formula is C22H24N6O9S3. The van der Waals surface area contributed by atoms with Crippen LogP contribution in [-0.2, 0) is 43.2 Å². The number of anilines is 2. The minimum Gasteiger partial charge on any atom is -0.396 e. The molecule has 0 radical (unpaired) electrons. The van der Waals surface area contributed by atoms with Gasteiger partial charge in [0.15, 0.2) is 0 Å². The van der Waals surface area contributed by atoms with Gasteiger partial charge < -0.3 is 11.5 Å². The van der Waals surface area contributed by atoms with E-state index in [1.807, 2.05) is 0 Å². The molecule has 0 saturated carbocycles. The largest absolute Gasteiger partial charge is 0.396 e. The lowest BCUT2D eigenvalue weighted by Gasteiger charge is -2.11. The van der Waals surface area contributed by atoms with Crippen LogP contribution >= 0.6 is 0 Å². The number of benzene rings is 3. The van der Waals surface area contributed by atoms with Crippen LogP contribution in [0.15, 0.2) is 77.6 Å². The van der Waals surface area contributed by atoms with Crippen molar-refractivity contribution in [2.75, 3.05) is 11.5 Å². The monoisotopic (exact) mass is 612 g/mol. The lowest BCUT2D eigenvalue weighted by Crippen LogP contribution is -2.05. The molecule has 214 valence electrons. The van der Waals surface area contributed by atoms with Crippen LogP contribution in [0, 0.1) is 0 Å². The van der Waals surface area contributed by atoms with Gasteiger partial charge in [-0.2, -0.15) is 25.3 Å². The van der Waals surface area contributed by atoms with E-state index in [2.05, 4.69) is 20.5 Å². The SMILES string of the molecule is CCc1ccc(/N=N/c2cc(S(=O)(=O)O)c(N)c(/N=N/c3ccc(CC)cc3S(=O)(=O)O)c2N)c(S(=O)(=O)O)c1. The lowest BCUT2D eigenvalue weighted by atomic mass is 10.1. The molecule has 3 aromatic carbocycles. The van der Waals surface area contributed by atoms with Crippen molar-refractivity contribution >= 4 is 64.5 Å². The third-order valence-electron chi connectivity index (χ3n) is 5.54. The van der Waals surface area contributed by atoms with Crippen LogP contribution in [0.3, 0.4) is 0 Å². The van der Waals surface area contributed by atoms with E-state index in [0.717, 1.165) is 6.07 Å². The summed E-state index contributed by atoms with van der Waals surface area (Å²) >= 11 is 0. The van der Waals surface area contributed by atoms with Gasteiger partial charge in [0.05, 0.1) is 11.4 Å². The van der Waals surface area contributed by atoms with Crippen molar-refractivity contribution in [1.29, 1.82) is 0 Å². The first kappa shape index (κ1) is 30.7. The molecule has 3 aromatic rings. The van der Waals surface area contributed by atoms with Gasteiger partial charge in [-0.25, -0.2) is 0 Å². The van der Waals surface area contributed by atoms with Gasteiger partial charge in [0, 0.05) is 0 Å². The number of nitrogen functional groups attached to an aromatic ring is 2. The maximum atomic E-state index is 12.0. The number of nitrogens with two attached hydrogens (primary N) is 2. The van der Waals surface area contributed by atoms with E-state index in [0.29, 0.717) is 24.0 Å². The van der Waals surface area contributed by atoms with Crippen molar-refractivity contribution in [3.63, 3.8) is 0 Å². The Bertz CT molecular complexity index is 1870. The molecule has 0 atom stereocenters. The van der Waals surface area contributed by atoms with Gasteiger partial charge in [-0.3, -0.25) is 13.7 Å². The second-order valence-electron chi connectivity index (χ2n) is 8.21. The lowest BCUT2D eigenvalue weighted by molar-refractivity contribution is 0.481. The van der Waals surface area contributed by atoms with Crippen LogP contribution < -0.4 is 11.5 Å². The molecule has 0 aliphatic carbocycles. The van der Waals surface area contributed by atoms with Crippen LogP contribution in [-0.4, -0.2) is 38.9 Å². The first-order chi connectivity index (χ1) is 18.5. The molecule has 0 bridgehead atoms. The van der Waals surface area contributed by atoms with E-state index >= 15 is 0 Å². The molecule has 18 heteroatoms. The number of azo groups is 2. The molecule has 0 amide bonds. The van der Waals surface area contributed by atoms with E-state index < -0.39 is 67.8 Å². The van der Waals surface area contributed by atoms with Crippen molar-refractivity contribution in [2.24, 2.45) is 20.5 Å². The second-order valence-corrected chi connectivity index (χ2v) is 12.4. The van der Waals surface area contributed by atoms with Gasteiger partial charge in [0.2, 0.25) is 0 Å². The summed E-state index contributed by atoms with van der Waals surface area (Å²) in [6.07, 6.45) is 0.877. The predicted octanol–water partition coefficient (Wildman–Crippen LogP) is 4.55. The summed E-state index contributed by atoms with van der Waals surface area (Å²) in [6, 6.07) is 8.62. The molecule has 15 nitrogen and oxygen atoms in total. The molecule has 0 aliphatic heterocycles. The Hall–Kier alpha value is -3.81. The number of hydrogen-bond acceptors (Lipinski definition) is 12. The Morgan fingerprint density at radius 3 is 1.38 bits per heavy atom. The molecule has 0 unspecified atom stereocenters. The van der Waals surface area contributed by atoms with Gasteiger partial charge in [0.1, 0.15) is 37.4 Å². The fourth-order valence-electron chi connectivity index (χ4n) is 3.41. The Labute approximate surface area is 229 Å². The van der Waals surface area contributed by atoms with Gasteiger partial charge in [-0.1, -0.05) is 26.0 Å². The van der Waals surface area contributed by atoms with E-state index in [4.69, 9.17) is 11.5 Å². The fraction of sp³-hybridized carbons (Fsp3) is 0.182. The zero-order valence-corrected chi connectivity index (χ0v) is 23.4. The Morgan fingerprint density at radius 2 is 0.975 bits per heavy atom. The molecule has 40 heavy (non-hydrogen) atoms. The third kappa shape index (κ3) is 6.84. The Balaban J connectivity index is 2.23. The number of hydrogen-bond donors (Lipinski definition) is 5. The zero-order chi connectivity index (χ0) is 30.0. The quantitative estimate of drug-likeness (QED) is 0.127. The summed E-state index contributed by atoms with van der Waals surface area (Å²) in [5.74, 6) is 0. The normalized spacial score (nSPS) is 12.9. The smallest absolute Gasteiger partial charge is 0.296 e. The summed E-state index contributed by atoms with van der Waals surface area (Å²) in [4.78, 5) is -2.07. The van der Waals surface area contributed by atoms with Crippen molar-refractivity contribution in [1.82, 2.24) is 0 Å². The highest BCUT2D eigenvalue weighted by molar-refractivity contribution is 7.86. The number of rotatable bonds is 9. The van der Waals surface area contributed by atoms with Crippen molar-refractivity contribution in [3.8, 4) is 0 Å². The molecule has 3 rings (SSSR count). The average Bonchev–Trinajstić information content (AvgIpc) is 2.86. The molecule has 0 spiro atoms. The van der Waals surface area contributed by atoms with E-state index in [-0.39, 0.29) is 11.4 Å². The van der Waals surface area contributed by atoms with Crippen LogP contribution in [0.5, 0.6) is 0 Å². The summed E-state index contributed by atoms with van der Waals surface area (Å²) in [5.41, 5.74) is 10.3. The topological polar surface area (TPSA) is 265 Å². The maximum Gasteiger partial charge on any atom is 0.296 e. The van der Waals surface area contributed by atoms with Gasteiger partial charge in [0.25, 0.3) is 30.4 Å². The van der Waals surface area contributed by atoms with Gasteiger partial charge >= 0.3 is 0 Å². The fourth-order valence-corrected chi connectivity index (χ4v) is 5.40. The first-order valence-corrected chi connectivity index (χ1v) is 15.5. The second kappa shape index (κ2) is 11.4. The van der Waals surface area contributed by atoms with Gasteiger partial charge in [-0.15, -0.1) is 20.5 Å². The third-order valence-corrected chi connectivity index (χ3v) is 8.20. The highest BCUT2D eigenvalue weighted by atomic mass is 32.2. The van der Waals surface area contributed by atoms with Crippen LogP contribution in [0.4, 0.5) is 34.1 Å². The molecule has 0 aliphatic rings. The standard InChI is InChI=1S/C22H24N6O9S3/c1-3-12-5-7-14(17(9-12)38(29,30)31)25-27-16-11-19(40(35,36)37)21(24)22(20(16)23)28-26-15-8-6-13(4-2)10-18(15)39(32,33)34/h5-11H,3-4,23-24H2,1-2H3,(H,29,30,31)(H,32,33,34)(H,35,36,37)/b27-25+,28-26+. The predicted molar refractivity (Wildman–Crippen MR) is 145 cm³/mol. The molecule has 7 N–H and O–H groups in total. The van der Waals surface area contributed by atoms with Gasteiger partial charge in [-0.05, 0) is 54.3 Å². The minimum atomic E-state index is -5.00. The molecular weight excluding hydrogens is 588 g/mol. The molecule has 0 fully saturated rings. The van der Waals surface area contributed by atoms with Crippen LogP contribution in [0.2, 0.25) is 0 Å². The molecule has 0 saturated heterocycles. The molecule has 0 heterocycles. The summed E-state index contributed by atoms with van der Waals surface area (Å²) in [6.45, 7) is 3.50. The Kier molecular flexibility index (Phi) is 8.72. The molecule has 0 aromatic heterocycles. The van der Waals surface area contributed by atoms with Crippen LogP contribution in [0.1, 0.15) is 25.0 Å². The van der Waals surface area contributed by atoms with Crippen molar-refractivity contribution < 1.29 is 38.9 Å². The van der Waals surface area contributed by atoms with E-state index in [1.54, 1.807) is 13.8 Å². The van der Waals surface area contributed by atoms with E-state index in [9.17, 15) is 38.9 Å². The highest BCUT2D eigenvalue weighted by Gasteiger charge is 2.24. The van der Waals surface area contributed by atoms with E-state index in [1.165, 1.54) is 36.4 Å². The van der Waals surface area contributed by atoms with Crippen molar-refractivity contribution in [2.45, 2.75) is 41.4 Å². The first-order valence-electron chi connectivity index (χ1n) is 11.2. The highest BCUT2D eigenvalue weighted by Crippen LogP contribution is 2.43. The number of nitrogens with zero attached hydrogens (tertiary/aromatic N) is 4. The number of aryl methyl sites for hydroxylation is 2.